The largest absolute Gasteiger partial charge is 0.480 e. The van der Waals surface area contributed by atoms with Crippen LogP contribution in [0.25, 0.3) is 0 Å². The molecule has 2 N–H and O–H groups in total. The van der Waals surface area contributed by atoms with E-state index in [2.05, 4.69) is 19.2 Å². The molecule has 1 atom stereocenters. The van der Waals surface area contributed by atoms with Gasteiger partial charge in [0.2, 0.25) is 0 Å². The maximum absolute atomic E-state index is 11.6. The van der Waals surface area contributed by atoms with E-state index in [-0.39, 0.29) is 11.5 Å². The summed E-state index contributed by atoms with van der Waals surface area (Å²) in [6.45, 7) is 8.15. The summed E-state index contributed by atoms with van der Waals surface area (Å²) in [7, 11) is 0. The molecule has 0 aromatic heterocycles. The van der Waals surface area contributed by atoms with E-state index >= 15 is 0 Å². The van der Waals surface area contributed by atoms with Crippen LogP contribution in [0, 0.1) is 5.41 Å². The first-order valence-corrected chi connectivity index (χ1v) is 5.83. The number of carboxylic acids is 1. The van der Waals surface area contributed by atoms with Crippen LogP contribution in [-0.2, 0) is 4.79 Å². The van der Waals surface area contributed by atoms with Gasteiger partial charge in [0.25, 0.3) is 0 Å². The minimum Gasteiger partial charge on any atom is -0.480 e. The Balaban J connectivity index is 3.01. The SMILES string of the molecule is CC(C)NC1(C(=O)O)CCCCC1(C)C. The highest BCUT2D eigenvalue weighted by Crippen LogP contribution is 2.44. The summed E-state index contributed by atoms with van der Waals surface area (Å²) in [5, 5.41) is 12.8. The van der Waals surface area contributed by atoms with Crippen LogP contribution in [0.4, 0.5) is 0 Å². The Labute approximate surface area is 92.3 Å². The van der Waals surface area contributed by atoms with Gasteiger partial charge in [0.05, 0.1) is 0 Å². The summed E-state index contributed by atoms with van der Waals surface area (Å²) in [4.78, 5) is 11.6. The first-order valence-electron chi connectivity index (χ1n) is 5.83. The molecule has 88 valence electrons. The minimum absolute atomic E-state index is 0.165. The van der Waals surface area contributed by atoms with Gasteiger partial charge in [-0.05, 0) is 32.1 Å². The number of nitrogens with one attached hydrogen (secondary N) is 1. The standard InChI is InChI=1S/C12H23NO2/c1-9(2)13-12(10(14)15)8-6-5-7-11(12,3)4/h9,13H,5-8H2,1-4H3,(H,14,15). The van der Waals surface area contributed by atoms with E-state index in [0.29, 0.717) is 0 Å². The lowest BCUT2D eigenvalue weighted by Gasteiger charge is -2.48. The topological polar surface area (TPSA) is 49.3 Å². The molecule has 0 amide bonds. The Morgan fingerprint density at radius 2 is 1.80 bits per heavy atom. The molecule has 0 bridgehead atoms. The van der Waals surface area contributed by atoms with Crippen LogP contribution < -0.4 is 5.32 Å². The van der Waals surface area contributed by atoms with Gasteiger partial charge in [-0.3, -0.25) is 10.1 Å². The number of rotatable bonds is 3. The van der Waals surface area contributed by atoms with Gasteiger partial charge in [-0.2, -0.15) is 0 Å². The third-order valence-electron chi connectivity index (χ3n) is 3.66. The fraction of sp³-hybridized carbons (Fsp3) is 0.917. The first-order chi connectivity index (χ1) is 6.82. The molecular formula is C12H23NO2. The van der Waals surface area contributed by atoms with Crippen molar-refractivity contribution in [3.8, 4) is 0 Å². The number of hydrogen-bond donors (Lipinski definition) is 2. The molecule has 1 unspecified atom stereocenters. The fourth-order valence-corrected chi connectivity index (χ4v) is 2.73. The molecule has 1 aliphatic rings. The van der Waals surface area contributed by atoms with Crippen LogP contribution in [0.1, 0.15) is 53.4 Å². The van der Waals surface area contributed by atoms with Gasteiger partial charge < -0.3 is 5.11 Å². The third kappa shape index (κ3) is 2.17. The fourth-order valence-electron chi connectivity index (χ4n) is 2.73. The molecule has 1 saturated carbocycles. The van der Waals surface area contributed by atoms with Crippen LogP contribution in [0.2, 0.25) is 0 Å². The summed E-state index contributed by atoms with van der Waals surface area (Å²) >= 11 is 0. The smallest absolute Gasteiger partial charge is 0.324 e. The Kier molecular flexibility index (Phi) is 3.44. The summed E-state index contributed by atoms with van der Waals surface area (Å²) in [5.74, 6) is -0.694. The molecule has 0 spiro atoms. The van der Waals surface area contributed by atoms with E-state index in [1.54, 1.807) is 0 Å². The van der Waals surface area contributed by atoms with Crippen LogP contribution in [-0.4, -0.2) is 22.7 Å². The number of carboxylic acid groups (broad SMARTS) is 1. The predicted octanol–water partition coefficient (Wildman–Crippen LogP) is 2.41. The summed E-state index contributed by atoms with van der Waals surface area (Å²) in [5.41, 5.74) is -0.902. The van der Waals surface area contributed by atoms with Gasteiger partial charge >= 0.3 is 5.97 Å². The number of aliphatic carboxylic acids is 1. The number of hydrogen-bond acceptors (Lipinski definition) is 2. The molecule has 0 saturated heterocycles. The molecule has 1 aliphatic carbocycles. The van der Waals surface area contributed by atoms with Crippen molar-refractivity contribution in [1.82, 2.24) is 5.32 Å². The Morgan fingerprint density at radius 1 is 1.27 bits per heavy atom. The Bertz CT molecular complexity index is 248. The van der Waals surface area contributed by atoms with Crippen molar-refractivity contribution >= 4 is 5.97 Å². The Morgan fingerprint density at radius 3 is 2.20 bits per heavy atom. The molecule has 1 fully saturated rings. The first kappa shape index (κ1) is 12.5. The average molecular weight is 213 g/mol. The normalized spacial score (nSPS) is 30.5. The summed E-state index contributed by atoms with van der Waals surface area (Å²) < 4.78 is 0. The molecular weight excluding hydrogens is 190 g/mol. The summed E-state index contributed by atoms with van der Waals surface area (Å²) in [6.07, 6.45) is 3.88. The highest BCUT2D eigenvalue weighted by molar-refractivity contribution is 5.80. The van der Waals surface area contributed by atoms with Crippen molar-refractivity contribution in [1.29, 1.82) is 0 Å². The van der Waals surface area contributed by atoms with E-state index in [1.807, 2.05) is 13.8 Å². The molecule has 1 rings (SSSR count). The Hall–Kier alpha value is -0.570. The predicted molar refractivity (Wildman–Crippen MR) is 60.9 cm³/mol. The van der Waals surface area contributed by atoms with Crippen molar-refractivity contribution < 1.29 is 9.90 Å². The quantitative estimate of drug-likeness (QED) is 0.757. The van der Waals surface area contributed by atoms with Crippen molar-refractivity contribution in [3.63, 3.8) is 0 Å². The van der Waals surface area contributed by atoms with E-state index in [0.717, 1.165) is 25.7 Å². The lowest BCUT2D eigenvalue weighted by molar-refractivity contribution is -0.153. The van der Waals surface area contributed by atoms with Gasteiger partial charge in [-0.1, -0.05) is 26.7 Å². The molecule has 0 aromatic carbocycles. The van der Waals surface area contributed by atoms with Crippen molar-refractivity contribution in [2.24, 2.45) is 5.41 Å². The monoisotopic (exact) mass is 213 g/mol. The van der Waals surface area contributed by atoms with Gasteiger partial charge in [0.1, 0.15) is 5.54 Å². The van der Waals surface area contributed by atoms with Gasteiger partial charge in [-0.15, -0.1) is 0 Å². The highest BCUT2D eigenvalue weighted by Gasteiger charge is 2.52. The van der Waals surface area contributed by atoms with Crippen LogP contribution in [0.3, 0.4) is 0 Å². The second-order valence-corrected chi connectivity index (χ2v) is 5.60. The molecule has 0 aliphatic heterocycles. The van der Waals surface area contributed by atoms with Crippen LogP contribution in [0.5, 0.6) is 0 Å². The number of carbonyl (C=O) groups is 1. The molecule has 3 heteroatoms. The maximum Gasteiger partial charge on any atom is 0.324 e. The molecule has 0 aromatic rings. The van der Waals surface area contributed by atoms with Crippen molar-refractivity contribution in [2.45, 2.75) is 65.0 Å². The lowest BCUT2D eigenvalue weighted by atomic mass is 9.63. The lowest BCUT2D eigenvalue weighted by Crippen LogP contribution is -2.64. The van der Waals surface area contributed by atoms with E-state index in [1.165, 1.54) is 0 Å². The van der Waals surface area contributed by atoms with Crippen LogP contribution >= 0.6 is 0 Å². The average Bonchev–Trinajstić information content (AvgIpc) is 2.07. The van der Waals surface area contributed by atoms with Crippen LogP contribution in [0.15, 0.2) is 0 Å². The van der Waals surface area contributed by atoms with E-state index in [4.69, 9.17) is 0 Å². The van der Waals surface area contributed by atoms with Gasteiger partial charge in [0.15, 0.2) is 0 Å². The third-order valence-corrected chi connectivity index (χ3v) is 3.66. The molecule has 0 radical (unpaired) electrons. The van der Waals surface area contributed by atoms with E-state index in [9.17, 15) is 9.90 Å². The molecule has 0 heterocycles. The zero-order chi connectivity index (χ0) is 11.7. The summed E-state index contributed by atoms with van der Waals surface area (Å²) in [6, 6.07) is 0.207. The van der Waals surface area contributed by atoms with E-state index < -0.39 is 11.5 Å². The van der Waals surface area contributed by atoms with Crippen molar-refractivity contribution in [3.05, 3.63) is 0 Å². The second-order valence-electron chi connectivity index (χ2n) is 5.60. The second kappa shape index (κ2) is 4.12. The molecule has 15 heavy (non-hydrogen) atoms. The molecule has 3 nitrogen and oxygen atoms in total. The minimum atomic E-state index is -0.737. The van der Waals surface area contributed by atoms with Gasteiger partial charge in [0, 0.05) is 6.04 Å². The zero-order valence-corrected chi connectivity index (χ0v) is 10.3. The van der Waals surface area contributed by atoms with Crippen molar-refractivity contribution in [2.75, 3.05) is 0 Å². The zero-order valence-electron chi connectivity index (χ0n) is 10.3. The maximum atomic E-state index is 11.6. The van der Waals surface area contributed by atoms with Gasteiger partial charge in [-0.25, -0.2) is 0 Å². The highest BCUT2D eigenvalue weighted by atomic mass is 16.4.